The summed E-state index contributed by atoms with van der Waals surface area (Å²) in [6.07, 6.45) is 0.0625. The second-order valence-electron chi connectivity index (χ2n) is 5.78. The van der Waals surface area contributed by atoms with Gasteiger partial charge in [-0.25, -0.2) is 0 Å². The second-order valence-corrected chi connectivity index (χ2v) is 5.78. The average molecular weight is 279 g/mol. The first-order valence-electron chi connectivity index (χ1n) is 7.24. The van der Waals surface area contributed by atoms with E-state index in [1.165, 1.54) is 17.7 Å². The fourth-order valence-corrected chi connectivity index (χ4v) is 3.27. The molecule has 1 unspecified atom stereocenters. The van der Waals surface area contributed by atoms with Crippen LogP contribution in [0.2, 0.25) is 0 Å². The minimum absolute atomic E-state index is 0.333. The van der Waals surface area contributed by atoms with Gasteiger partial charge >= 0.3 is 6.18 Å². The highest BCUT2D eigenvalue weighted by molar-refractivity contribution is 4.85. The van der Waals surface area contributed by atoms with Gasteiger partial charge in [-0.3, -0.25) is 4.90 Å². The van der Waals surface area contributed by atoms with Crippen LogP contribution in [0.4, 0.5) is 13.2 Å². The van der Waals surface area contributed by atoms with Crippen LogP contribution in [0.3, 0.4) is 0 Å². The highest BCUT2D eigenvalue weighted by atomic mass is 19.4. The lowest BCUT2D eigenvalue weighted by atomic mass is 9.95. The third kappa shape index (κ3) is 4.07. The monoisotopic (exact) mass is 279 g/mol. The Bertz CT molecular complexity index is 269. The molecule has 0 bridgehead atoms. The van der Waals surface area contributed by atoms with Crippen molar-refractivity contribution in [3.8, 4) is 0 Å². The molecule has 2 N–H and O–H groups in total. The number of hydrogen-bond donors (Lipinski definition) is 1. The van der Waals surface area contributed by atoms with Crippen LogP contribution in [0.5, 0.6) is 0 Å². The zero-order valence-electron chi connectivity index (χ0n) is 11.3. The number of halogens is 3. The molecule has 0 amide bonds. The van der Waals surface area contributed by atoms with Crippen LogP contribution >= 0.6 is 0 Å². The molecule has 3 nitrogen and oxygen atoms in total. The van der Waals surface area contributed by atoms with Gasteiger partial charge in [0.15, 0.2) is 0 Å². The molecule has 0 aromatic heterocycles. The molecule has 0 spiro atoms. The molecule has 19 heavy (non-hydrogen) atoms. The van der Waals surface area contributed by atoms with Gasteiger partial charge in [-0.15, -0.1) is 0 Å². The number of piperidine rings is 1. The van der Waals surface area contributed by atoms with Crippen molar-refractivity contribution in [2.24, 2.45) is 11.7 Å². The van der Waals surface area contributed by atoms with Crippen LogP contribution < -0.4 is 5.73 Å². The Morgan fingerprint density at radius 2 is 1.63 bits per heavy atom. The zero-order valence-corrected chi connectivity index (χ0v) is 11.3. The molecule has 0 aromatic rings. The van der Waals surface area contributed by atoms with Crippen molar-refractivity contribution >= 4 is 0 Å². The van der Waals surface area contributed by atoms with Gasteiger partial charge in [0, 0.05) is 13.1 Å². The van der Waals surface area contributed by atoms with E-state index in [0.717, 1.165) is 32.5 Å². The molecular weight excluding hydrogens is 255 g/mol. The maximum atomic E-state index is 12.8. The maximum absolute atomic E-state index is 12.8. The Morgan fingerprint density at radius 3 is 2.11 bits per heavy atom. The molecule has 2 aliphatic heterocycles. The molecule has 0 aromatic carbocycles. The van der Waals surface area contributed by atoms with E-state index in [0.29, 0.717) is 19.0 Å². The lowest BCUT2D eigenvalue weighted by molar-refractivity contribution is -0.184. The quantitative estimate of drug-likeness (QED) is 0.850. The number of rotatable bonds is 4. The molecule has 0 aliphatic carbocycles. The largest absolute Gasteiger partial charge is 0.405 e. The third-order valence-corrected chi connectivity index (χ3v) is 4.41. The minimum Gasteiger partial charge on any atom is -0.329 e. The Hall–Kier alpha value is -0.330. The third-order valence-electron chi connectivity index (χ3n) is 4.41. The fourth-order valence-electron chi connectivity index (χ4n) is 3.27. The van der Waals surface area contributed by atoms with Crippen molar-refractivity contribution < 1.29 is 13.2 Å². The fraction of sp³-hybridized carbons (Fsp3) is 1.00. The van der Waals surface area contributed by atoms with Crippen molar-refractivity contribution in [2.75, 3.05) is 39.3 Å². The molecule has 0 radical (unpaired) electrons. The van der Waals surface area contributed by atoms with Crippen molar-refractivity contribution in [3.05, 3.63) is 0 Å². The summed E-state index contributed by atoms with van der Waals surface area (Å²) < 4.78 is 38.4. The first-order chi connectivity index (χ1) is 9.00. The van der Waals surface area contributed by atoms with E-state index in [9.17, 15) is 13.2 Å². The van der Waals surface area contributed by atoms with Crippen LogP contribution in [-0.4, -0.2) is 61.3 Å². The van der Waals surface area contributed by atoms with Crippen LogP contribution in [0.1, 0.15) is 25.7 Å². The van der Waals surface area contributed by atoms with Gasteiger partial charge in [0.2, 0.25) is 0 Å². The second kappa shape index (κ2) is 6.41. The smallest absolute Gasteiger partial charge is 0.329 e. The van der Waals surface area contributed by atoms with E-state index in [1.54, 1.807) is 0 Å². The topological polar surface area (TPSA) is 32.5 Å². The van der Waals surface area contributed by atoms with Crippen LogP contribution in [0.25, 0.3) is 0 Å². The standard InChI is InChI=1S/C13H24F3N3/c14-13(15,16)12(9-17)19-7-3-11(4-8-19)10-18-5-1-2-6-18/h11-12H,1-10,17H2. The van der Waals surface area contributed by atoms with Gasteiger partial charge < -0.3 is 10.6 Å². The number of hydrogen-bond acceptors (Lipinski definition) is 3. The molecule has 0 saturated carbocycles. The van der Waals surface area contributed by atoms with Crippen molar-refractivity contribution in [3.63, 3.8) is 0 Å². The number of alkyl halides is 3. The predicted octanol–water partition coefficient (Wildman–Crippen LogP) is 1.68. The molecular formula is C13H24F3N3. The molecule has 2 rings (SSSR count). The SMILES string of the molecule is NCC(N1CCC(CN2CCCC2)CC1)C(F)(F)F. The van der Waals surface area contributed by atoms with Gasteiger partial charge in [-0.1, -0.05) is 0 Å². The van der Waals surface area contributed by atoms with E-state index in [2.05, 4.69) is 4.90 Å². The van der Waals surface area contributed by atoms with Crippen molar-refractivity contribution in [2.45, 2.75) is 37.9 Å². The molecule has 2 saturated heterocycles. The van der Waals surface area contributed by atoms with Crippen LogP contribution in [-0.2, 0) is 0 Å². The van der Waals surface area contributed by atoms with Crippen LogP contribution in [0.15, 0.2) is 0 Å². The van der Waals surface area contributed by atoms with E-state index in [1.807, 2.05) is 0 Å². The number of likely N-dealkylation sites (tertiary alicyclic amines) is 2. The maximum Gasteiger partial charge on any atom is 0.405 e. The van der Waals surface area contributed by atoms with Gasteiger partial charge in [0.05, 0.1) is 0 Å². The highest BCUT2D eigenvalue weighted by Gasteiger charge is 2.43. The number of nitrogens with zero attached hydrogens (tertiary/aromatic N) is 2. The summed E-state index contributed by atoms with van der Waals surface area (Å²) in [5, 5.41) is 0. The summed E-state index contributed by atoms with van der Waals surface area (Å²) in [4.78, 5) is 3.96. The van der Waals surface area contributed by atoms with Gasteiger partial charge in [0.1, 0.15) is 6.04 Å². The summed E-state index contributed by atoms with van der Waals surface area (Å²) in [6.45, 7) is 4.11. The van der Waals surface area contributed by atoms with Crippen LogP contribution in [0, 0.1) is 5.92 Å². The molecule has 6 heteroatoms. The van der Waals surface area contributed by atoms with Crippen molar-refractivity contribution in [1.82, 2.24) is 9.80 Å². The zero-order chi connectivity index (χ0) is 13.9. The lowest BCUT2D eigenvalue weighted by Crippen LogP contribution is -2.53. The van der Waals surface area contributed by atoms with E-state index < -0.39 is 12.2 Å². The molecule has 2 heterocycles. The Balaban J connectivity index is 1.77. The molecule has 2 aliphatic rings. The summed E-state index contributed by atoms with van der Waals surface area (Å²) in [7, 11) is 0. The Kier molecular flexibility index (Phi) is 5.09. The molecule has 2 fully saturated rings. The first-order valence-corrected chi connectivity index (χ1v) is 7.24. The lowest BCUT2D eigenvalue weighted by Gasteiger charge is -2.38. The normalized spacial score (nSPS) is 25.9. The van der Waals surface area contributed by atoms with Gasteiger partial charge in [0.25, 0.3) is 0 Å². The summed E-state index contributed by atoms with van der Waals surface area (Å²) in [5.74, 6) is 0.556. The first kappa shape index (κ1) is 15.1. The summed E-state index contributed by atoms with van der Waals surface area (Å²) >= 11 is 0. The Labute approximate surface area is 112 Å². The molecule has 112 valence electrons. The Morgan fingerprint density at radius 1 is 1.05 bits per heavy atom. The summed E-state index contributed by atoms with van der Waals surface area (Å²) in [6, 6.07) is -1.46. The van der Waals surface area contributed by atoms with Crippen molar-refractivity contribution in [1.29, 1.82) is 0 Å². The van der Waals surface area contributed by atoms with E-state index in [4.69, 9.17) is 5.73 Å². The summed E-state index contributed by atoms with van der Waals surface area (Å²) in [5.41, 5.74) is 5.29. The van der Waals surface area contributed by atoms with Gasteiger partial charge in [-0.2, -0.15) is 13.2 Å². The highest BCUT2D eigenvalue weighted by Crippen LogP contribution is 2.28. The van der Waals surface area contributed by atoms with E-state index in [-0.39, 0.29) is 6.54 Å². The average Bonchev–Trinajstić information content (AvgIpc) is 2.83. The number of nitrogens with two attached hydrogens (primary N) is 1. The minimum atomic E-state index is -4.20. The predicted molar refractivity (Wildman–Crippen MR) is 68.9 cm³/mol. The van der Waals surface area contributed by atoms with E-state index >= 15 is 0 Å². The van der Waals surface area contributed by atoms with Gasteiger partial charge in [-0.05, 0) is 57.8 Å². The molecule has 1 atom stereocenters.